The molecule has 0 spiro atoms. The molecule has 1 amide bonds. The summed E-state index contributed by atoms with van der Waals surface area (Å²) in [7, 11) is 0. The van der Waals surface area contributed by atoms with E-state index in [1.807, 2.05) is 4.90 Å². The van der Waals surface area contributed by atoms with Crippen LogP contribution < -0.4 is 0 Å². The number of hydrogen-bond acceptors (Lipinski definition) is 5. The third-order valence-corrected chi connectivity index (χ3v) is 5.30. The van der Waals surface area contributed by atoms with E-state index in [-0.39, 0.29) is 44.8 Å². The number of rotatable bonds is 4. The molecule has 2 saturated heterocycles. The fraction of sp³-hybridized carbons (Fsp3) is 0.765. The van der Waals surface area contributed by atoms with E-state index in [1.165, 1.54) is 0 Å². The first-order chi connectivity index (χ1) is 11.7. The van der Waals surface area contributed by atoms with Crippen molar-refractivity contribution in [1.29, 1.82) is 0 Å². The van der Waals surface area contributed by atoms with E-state index >= 15 is 0 Å². The topological polar surface area (TPSA) is 69.8 Å². The van der Waals surface area contributed by atoms with Crippen molar-refractivity contribution in [3.63, 3.8) is 0 Å². The molecule has 0 aliphatic carbocycles. The monoisotopic (exact) mass is 357 g/mol. The number of piperidine rings is 1. The zero-order valence-electron chi connectivity index (χ0n) is 14.7. The molecule has 0 bridgehead atoms. The number of alkyl halides is 2. The minimum Gasteiger partial charge on any atom is -0.387 e. The Morgan fingerprint density at radius 1 is 1.24 bits per heavy atom. The number of amides is 1. The van der Waals surface area contributed by atoms with E-state index in [1.54, 1.807) is 18.7 Å². The summed E-state index contributed by atoms with van der Waals surface area (Å²) in [4.78, 5) is 16.0. The number of carbonyl (C=O) groups is 1. The number of hydrogen-bond donors (Lipinski definition) is 1. The van der Waals surface area contributed by atoms with Crippen LogP contribution in [0.3, 0.4) is 0 Å². The first-order valence-electron chi connectivity index (χ1n) is 8.70. The Bertz CT molecular complexity index is 620. The Morgan fingerprint density at radius 3 is 2.52 bits per heavy atom. The second kappa shape index (κ2) is 6.64. The van der Waals surface area contributed by atoms with Gasteiger partial charge in [0.05, 0.1) is 24.3 Å². The molecule has 1 atom stereocenters. The van der Waals surface area contributed by atoms with Crippen LogP contribution in [0.2, 0.25) is 0 Å². The van der Waals surface area contributed by atoms with Gasteiger partial charge >= 0.3 is 0 Å². The lowest BCUT2D eigenvalue weighted by molar-refractivity contribution is -0.130. The van der Waals surface area contributed by atoms with Gasteiger partial charge in [0.2, 0.25) is 5.91 Å². The van der Waals surface area contributed by atoms with Gasteiger partial charge in [-0.25, -0.2) is 8.78 Å². The molecule has 6 nitrogen and oxygen atoms in total. The van der Waals surface area contributed by atoms with Crippen LogP contribution in [-0.4, -0.2) is 70.2 Å². The molecule has 140 valence electrons. The zero-order valence-corrected chi connectivity index (χ0v) is 14.7. The lowest BCUT2D eigenvalue weighted by Gasteiger charge is -2.36. The summed E-state index contributed by atoms with van der Waals surface area (Å²) in [5.41, 5.74) is 0.467. The van der Waals surface area contributed by atoms with Crippen LogP contribution >= 0.6 is 0 Å². The molecule has 8 heteroatoms. The lowest BCUT2D eigenvalue weighted by Crippen LogP contribution is -2.49. The largest absolute Gasteiger partial charge is 0.387 e. The molecule has 2 aliphatic heterocycles. The predicted octanol–water partition coefficient (Wildman–Crippen LogP) is 1.53. The molecule has 1 aromatic heterocycles. The van der Waals surface area contributed by atoms with Gasteiger partial charge in [0.1, 0.15) is 5.76 Å². The molecular weight excluding hydrogens is 332 g/mol. The molecule has 1 aromatic rings. The first-order valence-corrected chi connectivity index (χ1v) is 8.70. The van der Waals surface area contributed by atoms with Gasteiger partial charge in [-0.15, -0.1) is 0 Å². The van der Waals surface area contributed by atoms with E-state index in [0.29, 0.717) is 31.0 Å². The molecule has 3 heterocycles. The molecule has 2 aliphatic rings. The number of halogens is 2. The van der Waals surface area contributed by atoms with Crippen LogP contribution in [0.5, 0.6) is 0 Å². The number of aryl methyl sites for hydroxylation is 2. The van der Waals surface area contributed by atoms with Gasteiger partial charge < -0.3 is 14.5 Å². The summed E-state index contributed by atoms with van der Waals surface area (Å²) < 4.78 is 31.6. The van der Waals surface area contributed by atoms with Gasteiger partial charge in [-0.05, 0) is 20.3 Å². The van der Waals surface area contributed by atoms with Crippen molar-refractivity contribution in [3.05, 3.63) is 17.0 Å². The molecule has 1 N–H and O–H groups in total. The van der Waals surface area contributed by atoms with Crippen molar-refractivity contribution >= 4 is 5.91 Å². The smallest absolute Gasteiger partial charge is 0.250 e. The fourth-order valence-electron chi connectivity index (χ4n) is 3.67. The van der Waals surface area contributed by atoms with E-state index in [9.17, 15) is 18.7 Å². The third kappa shape index (κ3) is 4.17. The van der Waals surface area contributed by atoms with Gasteiger partial charge in [0, 0.05) is 44.6 Å². The average molecular weight is 357 g/mol. The highest BCUT2D eigenvalue weighted by atomic mass is 19.3. The van der Waals surface area contributed by atoms with E-state index in [4.69, 9.17) is 4.52 Å². The molecule has 0 unspecified atom stereocenters. The summed E-state index contributed by atoms with van der Waals surface area (Å²) in [6, 6.07) is 0. The van der Waals surface area contributed by atoms with Gasteiger partial charge in [-0.1, -0.05) is 5.16 Å². The number of likely N-dealkylation sites (tertiary alicyclic amines) is 2. The molecule has 0 radical (unpaired) electrons. The molecule has 2 fully saturated rings. The van der Waals surface area contributed by atoms with Crippen molar-refractivity contribution in [2.75, 3.05) is 32.7 Å². The highest BCUT2D eigenvalue weighted by molar-refractivity contribution is 5.79. The Labute approximate surface area is 145 Å². The maximum atomic E-state index is 13.2. The average Bonchev–Trinajstić information content (AvgIpc) is 3.07. The normalized spacial score (nSPS) is 27.0. The Hall–Kier alpha value is -1.54. The summed E-state index contributed by atoms with van der Waals surface area (Å²) in [5.74, 6) is -2.03. The maximum Gasteiger partial charge on any atom is 0.250 e. The molecule has 0 saturated carbocycles. The van der Waals surface area contributed by atoms with Crippen molar-refractivity contribution < 1.29 is 23.2 Å². The number of nitrogens with zero attached hydrogens (tertiary/aromatic N) is 3. The number of β-amino-alcohol motifs (C(OH)–C–C–N with tert-alkyl or cyclic N) is 1. The number of carbonyl (C=O) groups excluding carboxylic acids is 1. The summed E-state index contributed by atoms with van der Waals surface area (Å²) in [5, 5.41) is 14.6. The fourth-order valence-corrected chi connectivity index (χ4v) is 3.67. The molecule has 3 rings (SSSR count). The van der Waals surface area contributed by atoms with E-state index in [2.05, 4.69) is 5.16 Å². The van der Waals surface area contributed by atoms with Crippen LogP contribution in [0.25, 0.3) is 0 Å². The summed E-state index contributed by atoms with van der Waals surface area (Å²) >= 11 is 0. The van der Waals surface area contributed by atoms with Crippen LogP contribution in [-0.2, 0) is 11.2 Å². The standard InChI is InChI=1S/C17H25F2N3O3/c1-12-14(13(2)25-20-12)9-15(23)22-8-3-16(24,11-22)10-21-6-4-17(18,19)5-7-21/h24H,3-11H2,1-2H3/t16-/m0/s1. The minimum atomic E-state index is -2.59. The van der Waals surface area contributed by atoms with E-state index < -0.39 is 11.5 Å². The highest BCUT2D eigenvalue weighted by Crippen LogP contribution is 2.30. The Kier molecular flexibility index (Phi) is 4.85. The predicted molar refractivity (Wildman–Crippen MR) is 86.4 cm³/mol. The molecule has 25 heavy (non-hydrogen) atoms. The van der Waals surface area contributed by atoms with Crippen molar-refractivity contribution in [3.8, 4) is 0 Å². The SMILES string of the molecule is Cc1noc(C)c1CC(=O)N1CC[C@](O)(CN2CCC(F)(F)CC2)C1. The van der Waals surface area contributed by atoms with Crippen LogP contribution in [0, 0.1) is 13.8 Å². The van der Waals surface area contributed by atoms with Gasteiger partial charge in [0.25, 0.3) is 5.92 Å². The first kappa shape index (κ1) is 18.3. The van der Waals surface area contributed by atoms with Crippen molar-refractivity contribution in [2.45, 2.75) is 51.1 Å². The zero-order chi connectivity index (χ0) is 18.2. The highest BCUT2D eigenvalue weighted by Gasteiger charge is 2.42. The quantitative estimate of drug-likeness (QED) is 0.885. The molecular formula is C17H25F2N3O3. The van der Waals surface area contributed by atoms with Gasteiger partial charge in [0.15, 0.2) is 0 Å². The third-order valence-electron chi connectivity index (χ3n) is 5.30. The van der Waals surface area contributed by atoms with Crippen LogP contribution in [0.4, 0.5) is 8.78 Å². The van der Waals surface area contributed by atoms with Crippen LogP contribution in [0.15, 0.2) is 4.52 Å². The van der Waals surface area contributed by atoms with E-state index in [0.717, 1.165) is 5.56 Å². The molecule has 0 aromatic carbocycles. The second-order valence-corrected chi connectivity index (χ2v) is 7.40. The van der Waals surface area contributed by atoms with Gasteiger partial charge in [-0.2, -0.15) is 0 Å². The summed E-state index contributed by atoms with van der Waals surface area (Å²) in [6.07, 6.45) is 0.329. The lowest BCUT2D eigenvalue weighted by atomic mass is 10.00. The Morgan fingerprint density at radius 2 is 1.92 bits per heavy atom. The van der Waals surface area contributed by atoms with Crippen molar-refractivity contribution in [2.24, 2.45) is 0 Å². The summed E-state index contributed by atoms with van der Waals surface area (Å²) in [6.45, 7) is 5.17. The van der Waals surface area contributed by atoms with Crippen molar-refractivity contribution in [1.82, 2.24) is 15.0 Å². The Balaban J connectivity index is 1.54. The van der Waals surface area contributed by atoms with Gasteiger partial charge in [-0.3, -0.25) is 9.69 Å². The maximum absolute atomic E-state index is 13.2. The number of aromatic nitrogens is 1. The second-order valence-electron chi connectivity index (χ2n) is 7.40. The minimum absolute atomic E-state index is 0.0736. The van der Waals surface area contributed by atoms with Crippen LogP contribution in [0.1, 0.15) is 36.3 Å². The number of aliphatic hydroxyl groups is 1.